The molecule has 0 spiro atoms. The van der Waals surface area contributed by atoms with Gasteiger partial charge in [0.15, 0.2) is 0 Å². The van der Waals surface area contributed by atoms with Gasteiger partial charge in [-0.25, -0.2) is 9.37 Å². The quantitative estimate of drug-likeness (QED) is 0.707. The number of carbonyl (C=O) groups excluding carboxylic acids is 2. The van der Waals surface area contributed by atoms with E-state index in [1.807, 2.05) is 0 Å². The van der Waals surface area contributed by atoms with Gasteiger partial charge in [-0.1, -0.05) is 11.6 Å². The van der Waals surface area contributed by atoms with E-state index in [2.05, 4.69) is 4.98 Å². The van der Waals surface area contributed by atoms with E-state index >= 15 is 0 Å². The number of anilines is 2. The van der Waals surface area contributed by atoms with Gasteiger partial charge in [0.1, 0.15) is 23.8 Å². The molecule has 2 heterocycles. The number of carbonyl (C=O) groups is 2. The number of halogens is 5. The van der Waals surface area contributed by atoms with Gasteiger partial charge in [0, 0.05) is 24.3 Å². The third kappa shape index (κ3) is 4.49. The molecular weight excluding hydrogens is 442 g/mol. The van der Waals surface area contributed by atoms with Crippen LogP contribution in [0.15, 0.2) is 30.3 Å². The maximum Gasteiger partial charge on any atom is 0.416 e. The van der Waals surface area contributed by atoms with Crippen molar-refractivity contribution in [2.45, 2.75) is 38.6 Å². The zero-order valence-electron chi connectivity index (χ0n) is 16.5. The molecule has 166 valence electrons. The van der Waals surface area contributed by atoms with Crippen molar-refractivity contribution >= 4 is 34.9 Å². The highest BCUT2D eigenvalue weighted by atomic mass is 35.5. The third-order valence-electron chi connectivity index (χ3n) is 4.88. The highest BCUT2D eigenvalue weighted by Gasteiger charge is 2.46. The van der Waals surface area contributed by atoms with Gasteiger partial charge in [-0.15, -0.1) is 0 Å². The summed E-state index contributed by atoms with van der Waals surface area (Å²) in [5.41, 5.74) is -0.809. The average Bonchev–Trinajstić information content (AvgIpc) is 2.98. The summed E-state index contributed by atoms with van der Waals surface area (Å²) >= 11 is 5.79. The van der Waals surface area contributed by atoms with Crippen LogP contribution in [0.2, 0.25) is 5.02 Å². The van der Waals surface area contributed by atoms with Crippen molar-refractivity contribution in [1.82, 2.24) is 4.98 Å². The lowest BCUT2D eigenvalue weighted by molar-refractivity contribution is -0.137. The number of aliphatic hydroxyl groups is 1. The molecule has 0 saturated carbocycles. The van der Waals surface area contributed by atoms with E-state index in [0.29, 0.717) is 6.07 Å². The van der Waals surface area contributed by atoms with Gasteiger partial charge in [-0.2, -0.15) is 13.2 Å². The SMILES string of the molecule is CCN(C(=O)C1CC(O)C(=O)N1c1cc(C(F)(F)F)cc(C)n1)c1ccc(F)c(Cl)c1. The molecule has 1 aliphatic rings. The summed E-state index contributed by atoms with van der Waals surface area (Å²) in [6.45, 7) is 3.05. The number of amides is 2. The maximum atomic E-state index is 13.5. The first-order chi connectivity index (χ1) is 14.4. The lowest BCUT2D eigenvalue weighted by atomic mass is 10.1. The number of aromatic nitrogens is 1. The Morgan fingerprint density at radius 2 is 2.00 bits per heavy atom. The van der Waals surface area contributed by atoms with Gasteiger partial charge in [-0.05, 0) is 44.2 Å². The van der Waals surface area contributed by atoms with Crippen LogP contribution in [0.1, 0.15) is 24.6 Å². The minimum absolute atomic E-state index is 0.0112. The Hall–Kier alpha value is -2.72. The monoisotopic (exact) mass is 459 g/mol. The summed E-state index contributed by atoms with van der Waals surface area (Å²) in [4.78, 5) is 31.8. The molecule has 1 aromatic heterocycles. The number of nitrogens with zero attached hydrogens (tertiary/aromatic N) is 3. The molecule has 0 bridgehead atoms. The topological polar surface area (TPSA) is 73.7 Å². The van der Waals surface area contributed by atoms with Crippen LogP contribution in [0.5, 0.6) is 0 Å². The second-order valence-electron chi connectivity index (χ2n) is 7.01. The first-order valence-corrected chi connectivity index (χ1v) is 9.65. The molecule has 3 rings (SSSR count). The van der Waals surface area contributed by atoms with Crippen molar-refractivity contribution < 1.29 is 32.3 Å². The fraction of sp³-hybridized carbons (Fsp3) is 0.350. The first-order valence-electron chi connectivity index (χ1n) is 9.27. The standard InChI is InChI=1S/C20H18ClF4N3O3/c1-3-27(12-4-5-14(22)13(21)8-12)18(30)15-9-16(29)19(31)28(15)17-7-11(20(23,24)25)6-10(2)26-17/h4-8,15-16,29H,3,9H2,1-2H3. The van der Waals surface area contributed by atoms with Crippen LogP contribution >= 0.6 is 11.6 Å². The summed E-state index contributed by atoms with van der Waals surface area (Å²) in [6.07, 6.45) is -6.61. The number of likely N-dealkylation sites (N-methyl/N-ethyl adjacent to an activating group) is 1. The van der Waals surface area contributed by atoms with Crippen LogP contribution in [0.4, 0.5) is 29.1 Å². The van der Waals surface area contributed by atoms with Crippen molar-refractivity contribution in [2.75, 3.05) is 16.3 Å². The molecular formula is C20H18ClF4N3O3. The molecule has 1 aliphatic heterocycles. The van der Waals surface area contributed by atoms with E-state index in [-0.39, 0.29) is 35.2 Å². The van der Waals surface area contributed by atoms with E-state index in [0.717, 1.165) is 17.0 Å². The number of aliphatic hydroxyl groups excluding tert-OH is 1. The molecule has 31 heavy (non-hydrogen) atoms. The molecule has 1 N–H and O–H groups in total. The minimum atomic E-state index is -4.69. The molecule has 1 fully saturated rings. The maximum absolute atomic E-state index is 13.5. The molecule has 0 aliphatic carbocycles. The Morgan fingerprint density at radius 1 is 1.32 bits per heavy atom. The summed E-state index contributed by atoms with van der Waals surface area (Å²) in [5, 5.41) is 9.85. The molecule has 11 heteroatoms. The van der Waals surface area contributed by atoms with Gasteiger partial charge < -0.3 is 10.0 Å². The van der Waals surface area contributed by atoms with Gasteiger partial charge in [0.25, 0.3) is 5.91 Å². The zero-order chi connectivity index (χ0) is 23.1. The van der Waals surface area contributed by atoms with E-state index in [4.69, 9.17) is 11.6 Å². The van der Waals surface area contributed by atoms with E-state index in [1.54, 1.807) is 6.92 Å². The molecule has 1 aromatic carbocycles. The minimum Gasteiger partial charge on any atom is -0.383 e. The van der Waals surface area contributed by atoms with Crippen LogP contribution in [0.25, 0.3) is 0 Å². The Bertz CT molecular complexity index is 1030. The predicted molar refractivity (Wildman–Crippen MR) is 105 cm³/mol. The summed E-state index contributed by atoms with van der Waals surface area (Å²) in [7, 11) is 0. The van der Waals surface area contributed by atoms with Crippen molar-refractivity contribution in [3.63, 3.8) is 0 Å². The molecule has 2 amide bonds. The van der Waals surface area contributed by atoms with Crippen LogP contribution in [0.3, 0.4) is 0 Å². The highest BCUT2D eigenvalue weighted by molar-refractivity contribution is 6.31. The Labute approximate surface area is 180 Å². The largest absolute Gasteiger partial charge is 0.416 e. The molecule has 2 atom stereocenters. The van der Waals surface area contributed by atoms with Crippen LogP contribution < -0.4 is 9.80 Å². The fourth-order valence-electron chi connectivity index (χ4n) is 3.45. The zero-order valence-corrected chi connectivity index (χ0v) is 17.2. The normalized spacial score (nSPS) is 19.1. The van der Waals surface area contributed by atoms with Gasteiger partial charge in [0.05, 0.1) is 10.6 Å². The number of aryl methyl sites for hydroxylation is 1. The number of pyridine rings is 1. The Balaban J connectivity index is 2.03. The van der Waals surface area contributed by atoms with Gasteiger partial charge >= 0.3 is 6.18 Å². The van der Waals surface area contributed by atoms with Crippen molar-refractivity contribution in [3.8, 4) is 0 Å². The summed E-state index contributed by atoms with van der Waals surface area (Å²) < 4.78 is 53.2. The van der Waals surface area contributed by atoms with Crippen LogP contribution in [-0.2, 0) is 15.8 Å². The lowest BCUT2D eigenvalue weighted by Crippen LogP contribution is -2.47. The molecule has 1 saturated heterocycles. The van der Waals surface area contributed by atoms with Crippen molar-refractivity contribution in [2.24, 2.45) is 0 Å². The van der Waals surface area contributed by atoms with Gasteiger partial charge in [0.2, 0.25) is 5.91 Å². The molecule has 6 nitrogen and oxygen atoms in total. The second-order valence-corrected chi connectivity index (χ2v) is 7.42. The van der Waals surface area contributed by atoms with Gasteiger partial charge in [-0.3, -0.25) is 14.5 Å². The third-order valence-corrected chi connectivity index (χ3v) is 5.17. The predicted octanol–water partition coefficient (Wildman–Crippen LogP) is 3.72. The smallest absolute Gasteiger partial charge is 0.383 e. The highest BCUT2D eigenvalue weighted by Crippen LogP contribution is 2.35. The number of alkyl halides is 3. The van der Waals surface area contributed by atoms with E-state index < -0.39 is 41.5 Å². The number of hydrogen-bond acceptors (Lipinski definition) is 4. The molecule has 0 radical (unpaired) electrons. The molecule has 2 aromatic rings. The number of benzene rings is 1. The van der Waals surface area contributed by atoms with Crippen LogP contribution in [-0.4, -0.2) is 40.6 Å². The first kappa shape index (κ1) is 23.0. The van der Waals surface area contributed by atoms with E-state index in [9.17, 15) is 32.3 Å². The molecule has 2 unspecified atom stereocenters. The van der Waals surface area contributed by atoms with Crippen molar-refractivity contribution in [3.05, 3.63) is 52.4 Å². The lowest BCUT2D eigenvalue weighted by Gasteiger charge is -2.29. The Morgan fingerprint density at radius 3 is 2.58 bits per heavy atom. The number of rotatable bonds is 4. The second kappa shape index (κ2) is 8.43. The summed E-state index contributed by atoms with van der Waals surface area (Å²) in [6, 6.07) is 3.78. The Kier molecular flexibility index (Phi) is 6.24. The summed E-state index contributed by atoms with van der Waals surface area (Å²) in [5.74, 6) is -2.68. The van der Waals surface area contributed by atoms with Crippen molar-refractivity contribution in [1.29, 1.82) is 0 Å². The fourth-order valence-corrected chi connectivity index (χ4v) is 3.63. The van der Waals surface area contributed by atoms with Crippen LogP contribution in [0, 0.1) is 12.7 Å². The van der Waals surface area contributed by atoms with E-state index in [1.165, 1.54) is 24.0 Å². The number of hydrogen-bond donors (Lipinski definition) is 1. The average molecular weight is 460 g/mol.